The van der Waals surface area contributed by atoms with Crippen LogP contribution in [0.1, 0.15) is 23.6 Å². The van der Waals surface area contributed by atoms with Crippen molar-refractivity contribution in [1.29, 1.82) is 0 Å². The van der Waals surface area contributed by atoms with E-state index in [1.54, 1.807) is 0 Å². The minimum Gasteiger partial charge on any atom is -0.490 e. The van der Waals surface area contributed by atoms with Crippen LogP contribution in [0, 0.1) is 6.92 Å². The number of aryl methyl sites for hydroxylation is 1. The number of benzene rings is 3. The highest BCUT2D eigenvalue weighted by Gasteiger charge is 2.12. The van der Waals surface area contributed by atoms with E-state index in [1.165, 1.54) is 5.56 Å². The van der Waals surface area contributed by atoms with Crippen LogP contribution in [0.2, 0.25) is 5.02 Å². The normalized spacial score (nSPS) is 11.0. The SMILES string of the molecule is CCOc1cc(C=Nc2ccc(C)cc2)cc(Br)c1OCc1cccc(Cl)c1. The van der Waals surface area contributed by atoms with Crippen molar-refractivity contribution in [3.05, 3.63) is 86.8 Å². The van der Waals surface area contributed by atoms with Crippen LogP contribution in [-0.4, -0.2) is 12.8 Å². The standard InChI is InChI=1S/C23H21BrClNO2/c1-3-27-22-13-18(14-26-20-9-7-16(2)8-10-20)12-21(24)23(22)28-15-17-5-4-6-19(25)11-17/h4-14H,3,15H2,1-2H3. The molecule has 0 aliphatic heterocycles. The predicted molar refractivity (Wildman–Crippen MR) is 120 cm³/mol. The summed E-state index contributed by atoms with van der Waals surface area (Å²) in [5.74, 6) is 1.33. The van der Waals surface area contributed by atoms with Crippen molar-refractivity contribution >= 4 is 39.4 Å². The van der Waals surface area contributed by atoms with Gasteiger partial charge in [-0.15, -0.1) is 0 Å². The second-order valence-electron chi connectivity index (χ2n) is 6.28. The molecule has 0 unspecified atom stereocenters. The predicted octanol–water partition coefficient (Wildman–Crippen LogP) is 7.14. The summed E-state index contributed by atoms with van der Waals surface area (Å²) in [6, 6.07) is 19.6. The molecule has 0 N–H and O–H groups in total. The van der Waals surface area contributed by atoms with Crippen LogP contribution in [0.5, 0.6) is 11.5 Å². The van der Waals surface area contributed by atoms with E-state index in [-0.39, 0.29) is 0 Å². The lowest BCUT2D eigenvalue weighted by molar-refractivity contribution is 0.267. The quantitative estimate of drug-likeness (QED) is 0.352. The number of hydrogen-bond donors (Lipinski definition) is 0. The maximum absolute atomic E-state index is 6.05. The second-order valence-corrected chi connectivity index (χ2v) is 7.57. The number of aliphatic imine (C=N–C) groups is 1. The zero-order valence-electron chi connectivity index (χ0n) is 15.8. The number of ether oxygens (including phenoxy) is 2. The fourth-order valence-corrected chi connectivity index (χ4v) is 3.41. The third-order valence-electron chi connectivity index (χ3n) is 4.00. The number of nitrogens with zero attached hydrogens (tertiary/aromatic N) is 1. The van der Waals surface area contributed by atoms with E-state index >= 15 is 0 Å². The molecule has 144 valence electrons. The molecule has 0 radical (unpaired) electrons. The maximum Gasteiger partial charge on any atom is 0.175 e. The Morgan fingerprint density at radius 1 is 1.04 bits per heavy atom. The third kappa shape index (κ3) is 5.60. The van der Waals surface area contributed by atoms with Crippen molar-refractivity contribution in [2.45, 2.75) is 20.5 Å². The Morgan fingerprint density at radius 3 is 2.54 bits per heavy atom. The average molecular weight is 459 g/mol. The Labute approximate surface area is 179 Å². The molecule has 0 aromatic heterocycles. The summed E-state index contributed by atoms with van der Waals surface area (Å²) in [4.78, 5) is 4.54. The van der Waals surface area contributed by atoms with Gasteiger partial charge in [-0.1, -0.05) is 41.4 Å². The van der Waals surface area contributed by atoms with Crippen LogP contribution >= 0.6 is 27.5 Å². The first-order valence-corrected chi connectivity index (χ1v) is 10.2. The minimum atomic E-state index is 0.399. The molecule has 28 heavy (non-hydrogen) atoms. The molecule has 0 spiro atoms. The lowest BCUT2D eigenvalue weighted by Gasteiger charge is -2.15. The Hall–Kier alpha value is -2.30. The molecule has 0 saturated carbocycles. The van der Waals surface area contributed by atoms with Crippen LogP contribution in [-0.2, 0) is 6.61 Å². The summed E-state index contributed by atoms with van der Waals surface area (Å²) in [6.07, 6.45) is 1.82. The Balaban J connectivity index is 1.81. The van der Waals surface area contributed by atoms with Gasteiger partial charge in [0.25, 0.3) is 0 Å². The smallest absolute Gasteiger partial charge is 0.175 e. The van der Waals surface area contributed by atoms with E-state index in [0.29, 0.717) is 29.7 Å². The molecule has 0 aliphatic carbocycles. The van der Waals surface area contributed by atoms with E-state index in [2.05, 4.69) is 27.8 Å². The lowest BCUT2D eigenvalue weighted by Crippen LogP contribution is -2.01. The van der Waals surface area contributed by atoms with Crippen LogP contribution in [0.3, 0.4) is 0 Å². The molecule has 0 saturated heterocycles. The summed E-state index contributed by atoms with van der Waals surface area (Å²) in [6.45, 7) is 4.94. The molecule has 0 heterocycles. The first kappa shape index (κ1) is 20.4. The number of rotatable bonds is 7. The van der Waals surface area contributed by atoms with Gasteiger partial charge in [0, 0.05) is 11.2 Å². The molecule has 3 aromatic carbocycles. The Bertz CT molecular complexity index is 971. The van der Waals surface area contributed by atoms with E-state index in [4.69, 9.17) is 21.1 Å². The van der Waals surface area contributed by atoms with Crippen molar-refractivity contribution in [3.63, 3.8) is 0 Å². The topological polar surface area (TPSA) is 30.8 Å². The van der Waals surface area contributed by atoms with Gasteiger partial charge in [0.1, 0.15) is 6.61 Å². The summed E-state index contributed by atoms with van der Waals surface area (Å²) < 4.78 is 12.6. The van der Waals surface area contributed by atoms with Gasteiger partial charge in [0.05, 0.1) is 16.8 Å². The van der Waals surface area contributed by atoms with Gasteiger partial charge in [-0.2, -0.15) is 0 Å². The molecule has 5 heteroatoms. The van der Waals surface area contributed by atoms with Gasteiger partial charge < -0.3 is 9.47 Å². The fraction of sp³-hybridized carbons (Fsp3) is 0.174. The van der Waals surface area contributed by atoms with Crippen LogP contribution in [0.25, 0.3) is 0 Å². The van der Waals surface area contributed by atoms with Crippen molar-refractivity contribution in [2.24, 2.45) is 4.99 Å². The molecule has 3 rings (SSSR count). The molecule has 0 amide bonds. The van der Waals surface area contributed by atoms with Gasteiger partial charge in [0.2, 0.25) is 0 Å². The summed E-state index contributed by atoms with van der Waals surface area (Å²) >= 11 is 9.65. The highest BCUT2D eigenvalue weighted by atomic mass is 79.9. The highest BCUT2D eigenvalue weighted by molar-refractivity contribution is 9.10. The Morgan fingerprint density at radius 2 is 1.82 bits per heavy atom. The van der Waals surface area contributed by atoms with Gasteiger partial charge in [-0.25, -0.2) is 0 Å². The van der Waals surface area contributed by atoms with Crippen molar-refractivity contribution in [2.75, 3.05) is 6.61 Å². The van der Waals surface area contributed by atoms with Crippen molar-refractivity contribution < 1.29 is 9.47 Å². The van der Waals surface area contributed by atoms with E-state index < -0.39 is 0 Å². The molecule has 3 aromatic rings. The minimum absolute atomic E-state index is 0.399. The first-order chi connectivity index (χ1) is 13.5. The van der Waals surface area contributed by atoms with E-state index in [0.717, 1.165) is 21.3 Å². The monoisotopic (exact) mass is 457 g/mol. The van der Waals surface area contributed by atoms with E-state index in [9.17, 15) is 0 Å². The highest BCUT2D eigenvalue weighted by Crippen LogP contribution is 2.37. The molecule has 3 nitrogen and oxygen atoms in total. The fourth-order valence-electron chi connectivity index (χ4n) is 2.63. The zero-order chi connectivity index (χ0) is 19.9. The lowest BCUT2D eigenvalue weighted by atomic mass is 10.2. The number of halogens is 2. The van der Waals surface area contributed by atoms with Crippen LogP contribution < -0.4 is 9.47 Å². The number of hydrogen-bond acceptors (Lipinski definition) is 3. The Kier molecular flexibility index (Phi) is 7.12. The third-order valence-corrected chi connectivity index (χ3v) is 4.82. The van der Waals surface area contributed by atoms with Crippen molar-refractivity contribution in [3.8, 4) is 11.5 Å². The molecular weight excluding hydrogens is 438 g/mol. The maximum atomic E-state index is 6.05. The van der Waals surface area contributed by atoms with Gasteiger partial charge >= 0.3 is 0 Å². The molecule has 0 bridgehead atoms. The van der Waals surface area contributed by atoms with E-state index in [1.807, 2.05) is 73.8 Å². The van der Waals surface area contributed by atoms with Gasteiger partial charge in [-0.3, -0.25) is 4.99 Å². The molecule has 0 fully saturated rings. The first-order valence-electron chi connectivity index (χ1n) is 8.99. The van der Waals surface area contributed by atoms with Crippen LogP contribution in [0.4, 0.5) is 5.69 Å². The van der Waals surface area contributed by atoms with Crippen molar-refractivity contribution in [1.82, 2.24) is 0 Å². The molecule has 0 aliphatic rings. The van der Waals surface area contributed by atoms with Gasteiger partial charge in [0.15, 0.2) is 11.5 Å². The summed E-state index contributed by atoms with van der Waals surface area (Å²) in [7, 11) is 0. The molecule has 0 atom stereocenters. The van der Waals surface area contributed by atoms with Crippen LogP contribution in [0.15, 0.2) is 70.1 Å². The average Bonchev–Trinajstić information content (AvgIpc) is 2.67. The second kappa shape index (κ2) is 9.76. The molecular formula is C23H21BrClNO2. The largest absolute Gasteiger partial charge is 0.490 e. The summed E-state index contributed by atoms with van der Waals surface area (Å²) in [5.41, 5.74) is 4.03. The zero-order valence-corrected chi connectivity index (χ0v) is 18.1. The van der Waals surface area contributed by atoms with Gasteiger partial charge in [-0.05, 0) is 77.3 Å². The summed E-state index contributed by atoms with van der Waals surface area (Å²) in [5, 5.41) is 0.688.